The molecule has 3 amide bonds. The molecule has 174 valence electrons. The molecule has 1 aliphatic carbocycles. The Morgan fingerprint density at radius 2 is 1.97 bits per heavy atom. The monoisotopic (exact) mass is 453 g/mol. The number of anilines is 1. The fraction of sp³-hybridized carbons (Fsp3) is 0.522. The molecular weight excluding hydrogens is 426 g/mol. The molecule has 10 nitrogen and oxygen atoms in total. The number of carbonyl (C=O) groups excluding carboxylic acids is 3. The van der Waals surface area contributed by atoms with Gasteiger partial charge in [-0.2, -0.15) is 0 Å². The first-order valence-electron chi connectivity index (χ1n) is 11.5. The Hall–Kier alpha value is -3.43. The standard InChI is InChI=1S/C23H27N5O5/c1-32-19-14(11-24-23-27-26-21(33-23)13-5-3-2-4-6-13)7-8-15-12-28(22(31)18(15)19)16-9-10-17(29)25-20(16)30/h7-8,13,16H,2-6,9-12H2,1H3,(H,24,27)(H,25,29,30). The number of aromatic nitrogens is 2. The van der Waals surface area contributed by atoms with Crippen molar-refractivity contribution in [3.05, 3.63) is 34.7 Å². The first kappa shape index (κ1) is 21.4. The van der Waals surface area contributed by atoms with Crippen molar-refractivity contribution in [1.29, 1.82) is 0 Å². The van der Waals surface area contributed by atoms with E-state index in [1.54, 1.807) is 0 Å². The molecule has 0 bridgehead atoms. The summed E-state index contributed by atoms with van der Waals surface area (Å²) in [6.45, 7) is 0.646. The summed E-state index contributed by atoms with van der Waals surface area (Å²) in [4.78, 5) is 38.5. The molecule has 0 spiro atoms. The fourth-order valence-electron chi connectivity index (χ4n) is 5.03. The first-order chi connectivity index (χ1) is 16.0. The SMILES string of the molecule is COc1c(CNc2nnc(C3CCCCC3)o2)ccc2c1C(=O)N(C1CCC(=O)NC1=O)C2. The fourth-order valence-corrected chi connectivity index (χ4v) is 5.03. The number of hydrogen-bond donors (Lipinski definition) is 2. The van der Waals surface area contributed by atoms with E-state index in [9.17, 15) is 14.4 Å². The second kappa shape index (κ2) is 8.84. The second-order valence-electron chi connectivity index (χ2n) is 8.83. The molecule has 2 N–H and O–H groups in total. The van der Waals surface area contributed by atoms with Gasteiger partial charge in [0.2, 0.25) is 17.7 Å². The molecule has 1 unspecified atom stereocenters. The third kappa shape index (κ3) is 4.05. The number of fused-ring (bicyclic) bond motifs is 1. The Kier molecular flexibility index (Phi) is 5.74. The number of rotatable bonds is 6. The van der Waals surface area contributed by atoms with Gasteiger partial charge in [0, 0.05) is 31.0 Å². The molecular formula is C23H27N5O5. The van der Waals surface area contributed by atoms with Crippen molar-refractivity contribution in [2.45, 2.75) is 70.0 Å². The minimum absolute atomic E-state index is 0.218. The normalized spacial score (nSPS) is 21.2. The molecule has 0 radical (unpaired) electrons. The number of nitrogens with zero attached hydrogens (tertiary/aromatic N) is 3. The number of hydrogen-bond acceptors (Lipinski definition) is 8. The molecule has 1 saturated carbocycles. The summed E-state index contributed by atoms with van der Waals surface area (Å²) in [5, 5.41) is 13.8. The van der Waals surface area contributed by atoms with Gasteiger partial charge in [-0.1, -0.05) is 36.5 Å². The van der Waals surface area contributed by atoms with Crippen LogP contribution in [0, 0.1) is 0 Å². The maximum absolute atomic E-state index is 13.2. The van der Waals surface area contributed by atoms with Gasteiger partial charge in [0.25, 0.3) is 5.91 Å². The lowest BCUT2D eigenvalue weighted by Gasteiger charge is -2.29. The molecule has 1 aromatic carbocycles. The smallest absolute Gasteiger partial charge is 0.315 e. The van der Waals surface area contributed by atoms with E-state index in [4.69, 9.17) is 9.15 Å². The van der Waals surface area contributed by atoms with E-state index in [1.807, 2.05) is 12.1 Å². The van der Waals surface area contributed by atoms with Crippen LogP contribution >= 0.6 is 0 Å². The highest BCUT2D eigenvalue weighted by Gasteiger charge is 2.41. The molecule has 2 aliphatic heterocycles. The maximum atomic E-state index is 13.2. The van der Waals surface area contributed by atoms with E-state index in [2.05, 4.69) is 20.8 Å². The predicted octanol–water partition coefficient (Wildman–Crippen LogP) is 2.50. The third-order valence-corrected chi connectivity index (χ3v) is 6.76. The van der Waals surface area contributed by atoms with Crippen LogP contribution in [0.3, 0.4) is 0 Å². The summed E-state index contributed by atoms with van der Waals surface area (Å²) < 4.78 is 11.4. The number of methoxy groups -OCH3 is 1. The summed E-state index contributed by atoms with van der Waals surface area (Å²) in [7, 11) is 1.52. The van der Waals surface area contributed by atoms with Gasteiger partial charge in [0.05, 0.1) is 12.7 Å². The lowest BCUT2D eigenvalue weighted by Crippen LogP contribution is -2.52. The van der Waals surface area contributed by atoms with Crippen molar-refractivity contribution in [2.24, 2.45) is 0 Å². The number of benzene rings is 1. The summed E-state index contributed by atoms with van der Waals surface area (Å²) >= 11 is 0. The van der Waals surface area contributed by atoms with Gasteiger partial charge >= 0.3 is 6.01 Å². The van der Waals surface area contributed by atoms with Gasteiger partial charge in [-0.25, -0.2) is 0 Å². The van der Waals surface area contributed by atoms with Crippen molar-refractivity contribution in [3.8, 4) is 5.75 Å². The van der Waals surface area contributed by atoms with E-state index in [0.717, 1.165) is 24.0 Å². The van der Waals surface area contributed by atoms with Crippen LogP contribution in [0.25, 0.3) is 0 Å². The van der Waals surface area contributed by atoms with Crippen LogP contribution < -0.4 is 15.4 Å². The van der Waals surface area contributed by atoms with Crippen LogP contribution in [0.5, 0.6) is 5.75 Å². The average Bonchev–Trinajstić information content (AvgIpc) is 3.43. The Labute approximate surface area is 191 Å². The molecule has 5 rings (SSSR count). The van der Waals surface area contributed by atoms with Crippen LogP contribution in [-0.2, 0) is 22.7 Å². The third-order valence-electron chi connectivity index (χ3n) is 6.76. The average molecular weight is 453 g/mol. The maximum Gasteiger partial charge on any atom is 0.315 e. The van der Waals surface area contributed by atoms with Crippen LogP contribution in [0.4, 0.5) is 6.01 Å². The molecule has 33 heavy (non-hydrogen) atoms. The van der Waals surface area contributed by atoms with Gasteiger partial charge in [-0.15, -0.1) is 5.10 Å². The Morgan fingerprint density at radius 1 is 1.15 bits per heavy atom. The quantitative estimate of drug-likeness (QED) is 0.639. The lowest BCUT2D eigenvalue weighted by molar-refractivity contribution is -0.136. The summed E-state index contributed by atoms with van der Waals surface area (Å²) in [5.41, 5.74) is 2.02. The molecule has 1 saturated heterocycles. The highest BCUT2D eigenvalue weighted by Crippen LogP contribution is 2.37. The van der Waals surface area contributed by atoms with Crippen LogP contribution in [0.1, 0.15) is 78.2 Å². The van der Waals surface area contributed by atoms with Crippen LogP contribution in [0.15, 0.2) is 16.5 Å². The second-order valence-corrected chi connectivity index (χ2v) is 8.83. The summed E-state index contributed by atoms with van der Waals surface area (Å²) in [6, 6.07) is 3.45. The van der Waals surface area contributed by atoms with Crippen LogP contribution in [0.2, 0.25) is 0 Å². The predicted molar refractivity (Wildman–Crippen MR) is 116 cm³/mol. The zero-order valence-corrected chi connectivity index (χ0v) is 18.6. The zero-order valence-electron chi connectivity index (χ0n) is 18.6. The number of amides is 3. The van der Waals surface area contributed by atoms with E-state index >= 15 is 0 Å². The van der Waals surface area contributed by atoms with Gasteiger partial charge < -0.3 is 19.4 Å². The van der Waals surface area contributed by atoms with Gasteiger partial charge in [0.15, 0.2) is 0 Å². The number of ether oxygens (including phenoxy) is 1. The van der Waals surface area contributed by atoms with Crippen LogP contribution in [-0.4, -0.2) is 46.0 Å². The highest BCUT2D eigenvalue weighted by atomic mass is 16.5. The van der Waals surface area contributed by atoms with Crippen molar-refractivity contribution < 1.29 is 23.5 Å². The van der Waals surface area contributed by atoms with E-state index < -0.39 is 11.9 Å². The van der Waals surface area contributed by atoms with Crippen molar-refractivity contribution in [1.82, 2.24) is 20.4 Å². The number of nitrogens with one attached hydrogen (secondary N) is 2. The first-order valence-corrected chi connectivity index (χ1v) is 11.5. The highest BCUT2D eigenvalue weighted by molar-refractivity contribution is 6.06. The lowest BCUT2D eigenvalue weighted by atomic mass is 9.89. The molecule has 1 atom stereocenters. The Balaban J connectivity index is 1.31. The van der Waals surface area contributed by atoms with Gasteiger partial charge in [-0.05, 0) is 24.8 Å². The summed E-state index contributed by atoms with van der Waals surface area (Å²) in [5.74, 6) is 0.459. The molecule has 2 aromatic rings. The minimum Gasteiger partial charge on any atom is -0.496 e. The molecule has 2 fully saturated rings. The topological polar surface area (TPSA) is 127 Å². The van der Waals surface area contributed by atoms with Crippen molar-refractivity contribution in [2.75, 3.05) is 12.4 Å². The number of piperidine rings is 1. The van der Waals surface area contributed by atoms with Gasteiger partial charge in [-0.3, -0.25) is 19.7 Å². The molecule has 10 heteroatoms. The Bertz CT molecular complexity index is 1090. The molecule has 3 heterocycles. The molecule has 1 aromatic heterocycles. The number of imide groups is 1. The van der Waals surface area contributed by atoms with Crippen molar-refractivity contribution in [3.63, 3.8) is 0 Å². The number of carbonyl (C=O) groups is 3. The van der Waals surface area contributed by atoms with Crippen molar-refractivity contribution >= 4 is 23.7 Å². The van der Waals surface area contributed by atoms with E-state index in [1.165, 1.54) is 31.3 Å². The van der Waals surface area contributed by atoms with Gasteiger partial charge in [0.1, 0.15) is 11.8 Å². The zero-order chi connectivity index (χ0) is 22.9. The van der Waals surface area contributed by atoms with E-state index in [0.29, 0.717) is 48.6 Å². The minimum atomic E-state index is -0.662. The summed E-state index contributed by atoms with van der Waals surface area (Å²) in [6.07, 6.45) is 6.32. The largest absolute Gasteiger partial charge is 0.496 e. The molecule has 3 aliphatic rings. The van der Waals surface area contributed by atoms with E-state index in [-0.39, 0.29) is 18.2 Å². The Morgan fingerprint density at radius 3 is 2.73 bits per heavy atom.